The molecule has 5 rings (SSSR count). The second-order valence-electron chi connectivity index (χ2n) is 35.1. The number of rotatable bonds is 95. The highest BCUT2D eigenvalue weighted by atomic mass is 16.6. The van der Waals surface area contributed by atoms with Crippen LogP contribution in [0.15, 0.2) is 100 Å². The number of Topliss-reactive ketones (excluding diaryl/α,β-unsaturated/α-hetero) is 2. The summed E-state index contributed by atoms with van der Waals surface area (Å²) in [5.41, 5.74) is 36.3. The van der Waals surface area contributed by atoms with E-state index in [0.717, 1.165) is 79.8 Å². The molecule has 5 atom stereocenters. The van der Waals surface area contributed by atoms with Gasteiger partial charge in [-0.05, 0) is 12.8 Å². The largest absolute Gasteiger partial charge is 0.481 e. The molecule has 0 unspecified atom stereocenters. The third kappa shape index (κ3) is 88.1. The highest BCUT2D eigenvalue weighted by molar-refractivity contribution is 5.88. The van der Waals surface area contributed by atoms with E-state index in [4.69, 9.17) is 89.8 Å². The molecular weight excluding hydrogens is 1870 g/mol. The summed E-state index contributed by atoms with van der Waals surface area (Å²) in [4.78, 5) is 121. The minimum absolute atomic E-state index is 0.0185. The van der Waals surface area contributed by atoms with E-state index in [9.17, 15) is 33.6 Å². The van der Waals surface area contributed by atoms with Gasteiger partial charge in [0.15, 0.2) is 0 Å². The predicted molar refractivity (Wildman–Crippen MR) is 557 cm³/mol. The van der Waals surface area contributed by atoms with E-state index >= 15 is 0 Å². The second kappa shape index (κ2) is 103. The van der Waals surface area contributed by atoms with Crippen molar-refractivity contribution in [2.45, 2.75) is 284 Å². The highest BCUT2D eigenvalue weighted by Crippen LogP contribution is 2.24. The molecule has 820 valence electrons. The number of ether oxygens (including phenoxy) is 12. The number of unbranched alkanes of at least 4 members (excludes halogenated alkanes) is 24. The summed E-state index contributed by atoms with van der Waals surface area (Å²) in [5, 5.41) is 33.9. The number of aliphatic carboxylic acids is 1. The van der Waals surface area contributed by atoms with Gasteiger partial charge in [-0.3, -0.25) is 53.5 Å². The molecule has 43 heteroatoms. The first kappa shape index (κ1) is 133. The molecule has 43 nitrogen and oxygen atoms in total. The van der Waals surface area contributed by atoms with E-state index in [1.54, 1.807) is 31.9 Å². The number of hydrogen-bond acceptors (Lipinski definition) is 33. The second-order valence-corrected chi connectivity index (χ2v) is 35.1. The Morgan fingerprint density at radius 2 is 0.614 bits per heavy atom. The summed E-state index contributed by atoms with van der Waals surface area (Å²) >= 11 is 0. The van der Waals surface area contributed by atoms with Gasteiger partial charge in [-0.25, -0.2) is 4.98 Å². The number of nitrogens with one attached hydrogen (secondary N) is 9. The topological polar surface area (TPSA) is 604 Å². The van der Waals surface area contributed by atoms with E-state index in [0.29, 0.717) is 256 Å². The van der Waals surface area contributed by atoms with Gasteiger partial charge in [-0.2, -0.15) is 0 Å². The number of carboxylic acids is 1. The molecule has 12 N–H and O–H groups in total. The number of nitrogens with two attached hydrogens (primary N) is 1. The minimum Gasteiger partial charge on any atom is -0.481 e. The van der Waals surface area contributed by atoms with Crippen LogP contribution in [-0.2, 0) is 96.8 Å². The Morgan fingerprint density at radius 3 is 0.897 bits per heavy atom. The number of amides is 4. The molecule has 0 aliphatic carbocycles. The first-order chi connectivity index (χ1) is 71.0. The van der Waals surface area contributed by atoms with Gasteiger partial charge < -0.3 is 93.9 Å². The van der Waals surface area contributed by atoms with Crippen molar-refractivity contribution in [3.63, 3.8) is 0 Å². The van der Waals surface area contributed by atoms with Gasteiger partial charge >= 0.3 is 5.97 Å². The lowest BCUT2D eigenvalue weighted by Gasteiger charge is -2.16. The zero-order valence-corrected chi connectivity index (χ0v) is 88.0. The molecule has 4 aliphatic rings. The van der Waals surface area contributed by atoms with E-state index in [1.165, 1.54) is 141 Å². The van der Waals surface area contributed by atoms with Gasteiger partial charge in [-0.15, -0.1) is 0 Å². The molecule has 0 saturated carbocycles. The summed E-state index contributed by atoms with van der Waals surface area (Å²) in [6.45, 7) is 21.8. The van der Waals surface area contributed by atoms with E-state index < -0.39 is 23.8 Å². The van der Waals surface area contributed by atoms with Gasteiger partial charge in [0.2, 0.25) is 43.3 Å². The maximum atomic E-state index is 12.9. The fourth-order valence-corrected chi connectivity index (χ4v) is 14.5. The molecule has 0 saturated heterocycles. The molecule has 5 heterocycles. The Kier molecular flexibility index (Phi) is 94.5. The third-order valence-corrected chi connectivity index (χ3v) is 22.6. The van der Waals surface area contributed by atoms with Crippen molar-refractivity contribution in [3.05, 3.63) is 65.3 Å². The molecular formula is C102H181N23O20+4. The number of aromatic nitrogens is 2. The fourth-order valence-electron chi connectivity index (χ4n) is 14.5. The lowest BCUT2D eigenvalue weighted by Crippen LogP contribution is -2.42. The van der Waals surface area contributed by atoms with Crippen molar-refractivity contribution >= 4 is 66.0 Å². The van der Waals surface area contributed by atoms with Gasteiger partial charge in [0.25, 0.3) is 0 Å². The number of nitrogens with zero attached hydrogens (tertiary/aromatic N) is 13. The van der Waals surface area contributed by atoms with Crippen LogP contribution < -0.4 is 46.6 Å². The van der Waals surface area contributed by atoms with Crippen LogP contribution in [0.3, 0.4) is 0 Å². The number of imidazole rings is 1. The minimum atomic E-state index is -0.756. The molecule has 145 heavy (non-hydrogen) atoms. The number of aromatic amines is 1. The molecule has 0 fully saturated rings. The first-order valence-corrected chi connectivity index (χ1v) is 53.0. The average Bonchev–Trinajstić information content (AvgIpc) is 1.85. The van der Waals surface area contributed by atoms with Crippen LogP contribution in [0.2, 0.25) is 0 Å². The standard InChI is InChI=1S/C32H57N5O5.C31H56N6O5.C16H27N5O4.C15H26N6O4.C8H11NO2/c1-2-3-4-5-6-7-8-9-10-11-12-13-14-17-31(38)28-29(27-30-16-15-18-34-30)32(39)35-19-21-40-23-25-42-26-24-41-22-20-36-37-33;1-2-3-4-5-6-7-8-9-10-11-12-13-14-15-30(38)25-28(24-29-26-33-27-35-29)31(39)34-16-18-40-20-22-42-23-21-41-19-17-36-37-32;1-14(13-15-3-2-4-18-15)16(22)19-5-7-23-9-11-25-12-10-24-8-6-20-21-17;16-14(12-13-2-1-3-18-13)15(22)19-4-6-23-8-10-25-11-9-24-7-5-20-21-17;1-6(8(10)11)5-7-3-2-4-9-7/h16,18,29,33H,2-15,17,19-28H2,1H3;26-28,32H,2-25H2,1H3,(H-,33,34,35,39);3-4,14,17H,2,5-13H2,1H3;2-3,14,17H,1,4-12,16H2;3-4,6H,2,5H2,1H3,(H,10,11)/p+4/t29-;28-;2*14-;6-/m11000/s1. The molecule has 0 radical (unpaired) electrons. The zero-order chi connectivity index (χ0) is 105. The van der Waals surface area contributed by atoms with Gasteiger partial charge in [0.05, 0.1) is 189 Å². The van der Waals surface area contributed by atoms with Crippen LogP contribution in [0, 0.1) is 45.8 Å². The molecule has 4 amide bonds. The summed E-state index contributed by atoms with van der Waals surface area (Å²) in [6, 6.07) is -0.590. The molecule has 0 bridgehead atoms. The SMILES string of the molecule is CCCCCCCCCCCCCCCC(=O)C[C@@H](CC1=CCC=N1)C(=O)NCCOCCOCCOCCN=[N+]=N.CCCCCCCCCCCCCCCC(=O)C[C@@H](Cc1cnc[nH]1)C(=O)NCCOCCOCCOCCN=[N+]=N.C[C@@H](CC1=CCC=N1)C(=O)NCCOCCOCCOCCN=[N+]=N.C[C@@H](CC1=CCC=N1)C(=O)O.N=[N+]=NCCOCCOCCOCCNC(=O)[C@@H](N)CC1=CCC=N1. The number of carbonyl (C=O) groups excluding carboxylic acids is 6. The van der Waals surface area contributed by atoms with Crippen molar-refractivity contribution in [1.82, 2.24) is 50.9 Å². The van der Waals surface area contributed by atoms with Crippen molar-refractivity contribution < 1.29 is 95.5 Å². The Labute approximate surface area is 860 Å². The number of H-pyrrole nitrogens is 1. The molecule has 0 spiro atoms. The Morgan fingerprint density at radius 1 is 0.352 bits per heavy atom. The maximum Gasteiger partial charge on any atom is 0.306 e. The number of carboxylic acid groups (broad SMARTS) is 1. The van der Waals surface area contributed by atoms with Gasteiger partial charge in [-0.1, -0.05) is 206 Å². The van der Waals surface area contributed by atoms with Crippen LogP contribution in [0.5, 0.6) is 0 Å². The molecule has 4 aliphatic heterocycles. The van der Waals surface area contributed by atoms with Crippen molar-refractivity contribution in [1.29, 1.82) is 22.1 Å². The summed E-state index contributed by atoms with van der Waals surface area (Å²) in [6.07, 6.45) is 59.3. The number of allylic oxidation sites excluding steroid dienone is 7. The Bertz CT molecular complexity index is 3820. The van der Waals surface area contributed by atoms with Crippen LogP contribution in [0.1, 0.15) is 277 Å². The van der Waals surface area contributed by atoms with E-state index in [1.807, 2.05) is 43.7 Å². The lowest BCUT2D eigenvalue weighted by molar-refractivity contribution is -0.141. The molecule has 0 aromatic carbocycles. The van der Waals surface area contributed by atoms with Crippen LogP contribution in [0.25, 0.3) is 0 Å². The predicted octanol–water partition coefficient (Wildman–Crippen LogP) is 14.6. The lowest BCUT2D eigenvalue weighted by atomic mass is 9.93. The van der Waals surface area contributed by atoms with E-state index in [2.05, 4.69) is 105 Å². The van der Waals surface area contributed by atoms with Crippen LogP contribution in [0.4, 0.5) is 0 Å². The van der Waals surface area contributed by atoms with E-state index in [-0.39, 0.29) is 59.9 Å². The number of hydrogen-bond donors (Lipinski definition) is 11. The highest BCUT2D eigenvalue weighted by Gasteiger charge is 2.26. The Balaban J connectivity index is 0.000000953. The summed E-state index contributed by atoms with van der Waals surface area (Å²) in [7, 11) is 0. The van der Waals surface area contributed by atoms with Crippen molar-refractivity contribution in [3.8, 4) is 0 Å². The van der Waals surface area contributed by atoms with Crippen LogP contribution in [-0.4, -0.2) is 298 Å². The van der Waals surface area contributed by atoms with Gasteiger partial charge in [0.1, 0.15) is 80.3 Å². The summed E-state index contributed by atoms with van der Waals surface area (Å²) in [5.74, 6) is -2.11. The molecule has 1 aromatic heterocycles. The average molecular weight is 2050 g/mol. The molecule has 1 aromatic rings. The smallest absolute Gasteiger partial charge is 0.306 e. The maximum absolute atomic E-state index is 12.9. The van der Waals surface area contributed by atoms with Gasteiger partial charge in [0, 0.05) is 175 Å². The van der Waals surface area contributed by atoms with Crippen molar-refractivity contribution in [2.75, 3.05) is 211 Å². The number of carbonyl (C=O) groups is 7. The van der Waals surface area contributed by atoms with Crippen LogP contribution >= 0.6 is 0 Å². The number of ketones is 2. The first-order valence-electron chi connectivity index (χ1n) is 53.0. The Hall–Kier alpha value is -9.74. The third-order valence-electron chi connectivity index (χ3n) is 22.6. The normalized spacial score (nSPS) is 13.4. The number of aliphatic imine (C=N–C) groups is 4. The fraction of sp³-hybridized carbons (Fsp3) is 0.784. The quantitative estimate of drug-likeness (QED) is 0.0164. The van der Waals surface area contributed by atoms with Crippen molar-refractivity contribution in [2.24, 2.45) is 69.8 Å². The monoisotopic (exact) mass is 2050 g/mol. The summed E-state index contributed by atoms with van der Waals surface area (Å²) < 4.78 is 64.3. The zero-order valence-electron chi connectivity index (χ0n) is 88.0.